The summed E-state index contributed by atoms with van der Waals surface area (Å²) in [6.07, 6.45) is 7.41. The zero-order valence-electron chi connectivity index (χ0n) is 16.0. The summed E-state index contributed by atoms with van der Waals surface area (Å²) in [5.74, 6) is 0.317. The Morgan fingerprint density at radius 1 is 1.00 bits per heavy atom. The predicted molar refractivity (Wildman–Crippen MR) is 110 cm³/mol. The van der Waals surface area contributed by atoms with Crippen molar-refractivity contribution in [2.45, 2.75) is 19.3 Å². The van der Waals surface area contributed by atoms with Crippen LogP contribution in [0.15, 0.2) is 17.2 Å². The van der Waals surface area contributed by atoms with Crippen molar-refractivity contribution in [3.05, 3.63) is 22.9 Å². The number of carbonyl (C=O) groups is 2. The summed E-state index contributed by atoms with van der Waals surface area (Å²) in [6.45, 7) is 8.60. The zero-order valence-corrected chi connectivity index (χ0v) is 16.8. The van der Waals surface area contributed by atoms with Crippen LogP contribution in [0.2, 0.25) is 0 Å². The molecule has 3 fully saturated rings. The number of hydrogen-bond acceptors (Lipinski definition) is 8. The Morgan fingerprint density at radius 3 is 2.39 bits per heavy atom. The van der Waals surface area contributed by atoms with Crippen molar-refractivity contribution in [2.75, 3.05) is 57.3 Å². The molecule has 0 radical (unpaired) electrons. The van der Waals surface area contributed by atoms with Gasteiger partial charge in [-0.25, -0.2) is 9.97 Å². The van der Waals surface area contributed by atoms with E-state index < -0.39 is 0 Å². The summed E-state index contributed by atoms with van der Waals surface area (Å²) < 4.78 is 0. The fraction of sp³-hybridized carbons (Fsp3) is 0.579. The van der Waals surface area contributed by atoms with E-state index in [9.17, 15) is 9.59 Å². The van der Waals surface area contributed by atoms with Crippen LogP contribution >= 0.6 is 11.8 Å². The summed E-state index contributed by atoms with van der Waals surface area (Å²) in [7, 11) is 0. The van der Waals surface area contributed by atoms with E-state index in [4.69, 9.17) is 0 Å². The summed E-state index contributed by atoms with van der Waals surface area (Å²) in [5, 5.41) is 1.92. The van der Waals surface area contributed by atoms with E-state index in [0.717, 1.165) is 51.0 Å². The summed E-state index contributed by atoms with van der Waals surface area (Å²) >= 11 is 0.904. The maximum Gasteiger partial charge on any atom is 0.290 e. The number of rotatable bonds is 5. The van der Waals surface area contributed by atoms with Gasteiger partial charge in [-0.2, -0.15) is 0 Å². The van der Waals surface area contributed by atoms with Crippen molar-refractivity contribution in [1.29, 1.82) is 0 Å². The van der Waals surface area contributed by atoms with Crippen molar-refractivity contribution in [1.82, 2.24) is 25.1 Å². The minimum atomic E-state index is -0.363. The van der Waals surface area contributed by atoms with Crippen molar-refractivity contribution >= 4 is 34.9 Å². The molecule has 1 aromatic rings. The second-order valence-electron chi connectivity index (χ2n) is 7.36. The predicted octanol–water partition coefficient (Wildman–Crippen LogP) is 1.41. The number of nitrogens with zero attached hydrogens (tertiary/aromatic N) is 5. The molecule has 4 rings (SSSR count). The number of piperazine rings is 1. The first kappa shape index (κ1) is 19.4. The average Bonchev–Trinajstić information content (AvgIpc) is 3.04. The van der Waals surface area contributed by atoms with Crippen molar-refractivity contribution in [3.8, 4) is 0 Å². The third-order valence-electron chi connectivity index (χ3n) is 5.42. The van der Waals surface area contributed by atoms with E-state index in [0.29, 0.717) is 16.5 Å². The second-order valence-corrected chi connectivity index (χ2v) is 8.38. The molecule has 3 aliphatic rings. The summed E-state index contributed by atoms with van der Waals surface area (Å²) in [4.78, 5) is 39.6. The van der Waals surface area contributed by atoms with Crippen LogP contribution in [-0.2, 0) is 4.79 Å². The van der Waals surface area contributed by atoms with Gasteiger partial charge >= 0.3 is 0 Å². The molecular formula is C19H26N6O2S. The van der Waals surface area contributed by atoms with Gasteiger partial charge in [0.15, 0.2) is 0 Å². The molecule has 28 heavy (non-hydrogen) atoms. The zero-order chi connectivity index (χ0) is 19.3. The highest BCUT2D eigenvalue weighted by Crippen LogP contribution is 2.25. The second kappa shape index (κ2) is 9.02. The Kier molecular flexibility index (Phi) is 6.23. The molecule has 0 spiro atoms. The molecule has 1 aromatic heterocycles. The lowest BCUT2D eigenvalue weighted by atomic mass is 10.1. The van der Waals surface area contributed by atoms with Crippen LogP contribution in [-0.4, -0.2) is 83.3 Å². The highest BCUT2D eigenvalue weighted by Gasteiger charge is 2.25. The molecule has 150 valence electrons. The number of hydrogen-bond donors (Lipinski definition) is 1. The van der Waals surface area contributed by atoms with Gasteiger partial charge < -0.3 is 9.80 Å². The number of anilines is 1. The third kappa shape index (κ3) is 4.89. The summed E-state index contributed by atoms with van der Waals surface area (Å²) in [5.41, 5.74) is 0.643. The highest BCUT2D eigenvalue weighted by atomic mass is 32.2. The SMILES string of the molecule is O=C1NC(=O)/C(=C/c2ccnc(N3CCN(CCN4CCCCC4)CC3)n2)S1. The first-order chi connectivity index (χ1) is 13.7. The van der Waals surface area contributed by atoms with Gasteiger partial charge in [-0.3, -0.25) is 19.8 Å². The lowest BCUT2D eigenvalue weighted by Crippen LogP contribution is -2.49. The molecule has 8 nitrogen and oxygen atoms in total. The Labute approximate surface area is 169 Å². The van der Waals surface area contributed by atoms with E-state index in [1.54, 1.807) is 18.3 Å². The van der Waals surface area contributed by atoms with E-state index in [1.165, 1.54) is 32.4 Å². The first-order valence-corrected chi connectivity index (χ1v) is 10.8. The Bertz CT molecular complexity index is 757. The smallest absolute Gasteiger partial charge is 0.290 e. The maximum atomic E-state index is 11.7. The van der Waals surface area contributed by atoms with E-state index in [-0.39, 0.29) is 11.1 Å². The fourth-order valence-corrected chi connectivity index (χ4v) is 4.45. The van der Waals surface area contributed by atoms with Gasteiger partial charge in [-0.1, -0.05) is 6.42 Å². The van der Waals surface area contributed by atoms with E-state index in [1.807, 2.05) is 0 Å². The van der Waals surface area contributed by atoms with Crippen LogP contribution in [0.1, 0.15) is 25.0 Å². The number of aromatic nitrogens is 2. The molecule has 0 atom stereocenters. The molecule has 9 heteroatoms. The molecule has 4 heterocycles. The van der Waals surface area contributed by atoms with Gasteiger partial charge in [-0.05, 0) is 49.8 Å². The number of nitrogens with one attached hydrogen (secondary N) is 1. The fourth-order valence-electron chi connectivity index (χ4n) is 3.79. The largest absolute Gasteiger partial charge is 0.338 e. The standard InChI is InChI=1S/C19H26N6O2S/c26-17-16(28-19(27)22-17)14-15-4-5-20-18(21-15)25-12-10-24(11-13-25)9-8-23-6-2-1-3-7-23/h4-5,14H,1-3,6-13H2,(H,22,26,27)/b16-14-. The van der Waals surface area contributed by atoms with Crippen LogP contribution in [0.3, 0.4) is 0 Å². The summed E-state index contributed by atoms with van der Waals surface area (Å²) in [6, 6.07) is 1.75. The van der Waals surface area contributed by atoms with Crippen molar-refractivity contribution in [3.63, 3.8) is 0 Å². The Balaban J connectivity index is 1.30. The highest BCUT2D eigenvalue weighted by molar-refractivity contribution is 8.18. The molecule has 3 aliphatic heterocycles. The van der Waals surface area contributed by atoms with Crippen LogP contribution < -0.4 is 10.2 Å². The molecular weight excluding hydrogens is 376 g/mol. The van der Waals surface area contributed by atoms with Gasteiger partial charge in [0.05, 0.1) is 10.6 Å². The molecule has 0 unspecified atom stereocenters. The quantitative estimate of drug-likeness (QED) is 0.741. The topological polar surface area (TPSA) is 81.7 Å². The van der Waals surface area contributed by atoms with Crippen molar-refractivity contribution < 1.29 is 9.59 Å². The first-order valence-electron chi connectivity index (χ1n) is 9.95. The lowest BCUT2D eigenvalue weighted by Gasteiger charge is -2.36. The number of imide groups is 1. The average molecular weight is 403 g/mol. The van der Waals surface area contributed by atoms with Crippen molar-refractivity contribution in [2.24, 2.45) is 0 Å². The minimum Gasteiger partial charge on any atom is -0.338 e. The number of carbonyl (C=O) groups excluding carboxylic acids is 2. The number of likely N-dealkylation sites (tertiary alicyclic amines) is 1. The molecule has 0 saturated carbocycles. The van der Waals surface area contributed by atoms with Gasteiger partial charge in [0.1, 0.15) is 0 Å². The molecule has 3 saturated heterocycles. The van der Waals surface area contributed by atoms with E-state index in [2.05, 4.69) is 30.0 Å². The monoisotopic (exact) mass is 402 g/mol. The lowest BCUT2D eigenvalue weighted by molar-refractivity contribution is -0.115. The van der Waals surface area contributed by atoms with Gasteiger partial charge in [0, 0.05) is 45.5 Å². The molecule has 0 aromatic carbocycles. The van der Waals surface area contributed by atoms with Gasteiger partial charge in [-0.15, -0.1) is 0 Å². The number of thioether (sulfide) groups is 1. The minimum absolute atomic E-state index is 0.341. The molecule has 1 N–H and O–H groups in total. The third-order valence-corrected chi connectivity index (χ3v) is 6.23. The van der Waals surface area contributed by atoms with E-state index >= 15 is 0 Å². The number of piperidine rings is 1. The normalized spacial score (nSPS) is 23.4. The molecule has 2 amide bonds. The maximum absolute atomic E-state index is 11.7. The van der Waals surface area contributed by atoms with Crippen LogP contribution in [0.4, 0.5) is 10.7 Å². The molecule has 0 aliphatic carbocycles. The number of amides is 2. The Hall–Kier alpha value is -1.97. The Morgan fingerprint density at radius 2 is 1.71 bits per heavy atom. The van der Waals surface area contributed by atoms with Crippen LogP contribution in [0, 0.1) is 0 Å². The van der Waals surface area contributed by atoms with Crippen LogP contribution in [0.5, 0.6) is 0 Å². The van der Waals surface area contributed by atoms with Gasteiger partial charge in [0.2, 0.25) is 5.95 Å². The molecule has 0 bridgehead atoms. The van der Waals surface area contributed by atoms with Crippen LogP contribution in [0.25, 0.3) is 6.08 Å². The van der Waals surface area contributed by atoms with Gasteiger partial charge in [0.25, 0.3) is 11.1 Å².